The molecule has 0 saturated carbocycles. The standard InChI is InChI=1S/C7H7IO2/c8-7(10-9)6-4-2-1-3-5-6/h1-5,7,9H. The number of hydrogen-bond donors (Lipinski definition) is 1. The van der Waals surface area contributed by atoms with Gasteiger partial charge in [0.05, 0.1) is 0 Å². The molecule has 1 aromatic carbocycles. The Bertz CT molecular complexity index is 188. The van der Waals surface area contributed by atoms with E-state index < -0.39 is 0 Å². The van der Waals surface area contributed by atoms with Gasteiger partial charge in [0.1, 0.15) is 0 Å². The van der Waals surface area contributed by atoms with Gasteiger partial charge >= 0.3 is 0 Å². The number of halogens is 1. The van der Waals surface area contributed by atoms with E-state index in [0.29, 0.717) is 0 Å². The van der Waals surface area contributed by atoms with E-state index in [-0.39, 0.29) is 4.11 Å². The topological polar surface area (TPSA) is 29.5 Å². The molecule has 0 aliphatic rings. The van der Waals surface area contributed by atoms with E-state index in [1.807, 2.05) is 52.9 Å². The van der Waals surface area contributed by atoms with Crippen LogP contribution in [0.2, 0.25) is 0 Å². The molecule has 0 aromatic heterocycles. The van der Waals surface area contributed by atoms with Crippen molar-refractivity contribution in [2.75, 3.05) is 0 Å². The maximum Gasteiger partial charge on any atom is 0.168 e. The third-order valence-corrected chi connectivity index (χ3v) is 2.10. The van der Waals surface area contributed by atoms with Gasteiger partial charge < -0.3 is 0 Å². The van der Waals surface area contributed by atoms with Gasteiger partial charge in [0, 0.05) is 0 Å². The van der Waals surface area contributed by atoms with Crippen molar-refractivity contribution in [1.29, 1.82) is 0 Å². The van der Waals surface area contributed by atoms with E-state index in [0.717, 1.165) is 5.56 Å². The molecule has 0 saturated heterocycles. The van der Waals surface area contributed by atoms with Gasteiger partial charge in [0.15, 0.2) is 4.11 Å². The fourth-order valence-corrected chi connectivity index (χ4v) is 1.08. The summed E-state index contributed by atoms with van der Waals surface area (Å²) in [5.41, 5.74) is 0.964. The average molecular weight is 250 g/mol. The van der Waals surface area contributed by atoms with Crippen molar-refractivity contribution in [3.63, 3.8) is 0 Å². The fourth-order valence-electron chi connectivity index (χ4n) is 0.665. The highest BCUT2D eigenvalue weighted by Crippen LogP contribution is 2.22. The van der Waals surface area contributed by atoms with Gasteiger partial charge in [-0.2, -0.15) is 0 Å². The van der Waals surface area contributed by atoms with Crippen molar-refractivity contribution in [3.05, 3.63) is 35.9 Å². The molecule has 1 rings (SSSR count). The zero-order valence-electron chi connectivity index (χ0n) is 5.20. The van der Waals surface area contributed by atoms with Crippen molar-refractivity contribution in [2.24, 2.45) is 0 Å². The Morgan fingerprint density at radius 3 is 2.40 bits per heavy atom. The number of benzene rings is 1. The van der Waals surface area contributed by atoms with E-state index in [1.165, 1.54) is 0 Å². The molecule has 0 aliphatic heterocycles. The minimum Gasteiger partial charge on any atom is -0.250 e. The van der Waals surface area contributed by atoms with Crippen LogP contribution < -0.4 is 0 Å². The Hall–Kier alpha value is -0.130. The predicted octanol–water partition coefficient (Wildman–Crippen LogP) is 2.61. The Balaban J connectivity index is 2.75. The summed E-state index contributed by atoms with van der Waals surface area (Å²) in [5.74, 6) is 0. The Morgan fingerprint density at radius 2 is 1.90 bits per heavy atom. The van der Waals surface area contributed by atoms with Gasteiger partial charge in [0.25, 0.3) is 0 Å². The molecule has 2 nitrogen and oxygen atoms in total. The largest absolute Gasteiger partial charge is 0.250 e. The highest BCUT2D eigenvalue weighted by atomic mass is 127. The molecule has 0 amide bonds. The molecule has 1 atom stereocenters. The summed E-state index contributed by atoms with van der Waals surface area (Å²) < 4.78 is -0.265. The van der Waals surface area contributed by atoms with Crippen LogP contribution in [0.5, 0.6) is 0 Å². The van der Waals surface area contributed by atoms with Gasteiger partial charge in [-0.1, -0.05) is 30.3 Å². The molecule has 3 heteroatoms. The Morgan fingerprint density at radius 1 is 1.30 bits per heavy atom. The lowest BCUT2D eigenvalue weighted by Crippen LogP contribution is -1.90. The van der Waals surface area contributed by atoms with Crippen LogP contribution in [-0.2, 0) is 4.89 Å². The summed E-state index contributed by atoms with van der Waals surface area (Å²) in [7, 11) is 0. The third kappa shape index (κ3) is 1.93. The minimum absolute atomic E-state index is 0.265. The zero-order chi connectivity index (χ0) is 7.40. The van der Waals surface area contributed by atoms with Crippen molar-refractivity contribution in [1.82, 2.24) is 0 Å². The second-order valence-corrected chi connectivity index (χ2v) is 2.96. The second-order valence-electron chi connectivity index (χ2n) is 1.83. The Kier molecular flexibility index (Phi) is 3.11. The van der Waals surface area contributed by atoms with E-state index in [4.69, 9.17) is 5.26 Å². The first-order valence-electron chi connectivity index (χ1n) is 2.84. The third-order valence-electron chi connectivity index (χ3n) is 1.15. The second kappa shape index (κ2) is 3.90. The van der Waals surface area contributed by atoms with Crippen LogP contribution in [0.25, 0.3) is 0 Å². The lowest BCUT2D eigenvalue weighted by atomic mass is 10.2. The summed E-state index contributed by atoms with van der Waals surface area (Å²) in [5, 5.41) is 8.28. The highest BCUT2D eigenvalue weighted by Gasteiger charge is 2.03. The molecule has 0 fully saturated rings. The molecule has 0 heterocycles. The SMILES string of the molecule is OOC(I)c1ccccc1. The summed E-state index contributed by atoms with van der Waals surface area (Å²) in [6.07, 6.45) is 0. The van der Waals surface area contributed by atoms with Gasteiger partial charge in [0.2, 0.25) is 0 Å². The molecule has 54 valence electrons. The summed E-state index contributed by atoms with van der Waals surface area (Å²) in [6, 6.07) is 9.52. The molecular weight excluding hydrogens is 243 g/mol. The zero-order valence-corrected chi connectivity index (χ0v) is 7.36. The molecule has 10 heavy (non-hydrogen) atoms. The van der Waals surface area contributed by atoms with Crippen molar-refractivity contribution < 1.29 is 10.1 Å². The van der Waals surface area contributed by atoms with Gasteiger partial charge in [-0.05, 0) is 28.2 Å². The van der Waals surface area contributed by atoms with Crippen molar-refractivity contribution >= 4 is 22.6 Å². The lowest BCUT2D eigenvalue weighted by molar-refractivity contribution is -0.251. The summed E-state index contributed by atoms with van der Waals surface area (Å²) in [6.45, 7) is 0. The first kappa shape index (κ1) is 7.97. The van der Waals surface area contributed by atoms with E-state index in [9.17, 15) is 0 Å². The normalized spacial score (nSPS) is 13.0. The van der Waals surface area contributed by atoms with Crippen LogP contribution >= 0.6 is 22.6 Å². The Labute approximate surface area is 72.9 Å². The quantitative estimate of drug-likeness (QED) is 0.378. The van der Waals surface area contributed by atoms with Crippen LogP contribution in [0.15, 0.2) is 30.3 Å². The molecule has 0 spiro atoms. The smallest absolute Gasteiger partial charge is 0.168 e. The van der Waals surface area contributed by atoms with Gasteiger partial charge in [-0.15, -0.1) is 0 Å². The molecular formula is C7H7IO2. The first-order valence-corrected chi connectivity index (χ1v) is 4.08. The van der Waals surface area contributed by atoms with Gasteiger partial charge in [-0.25, -0.2) is 4.89 Å². The number of rotatable bonds is 2. The minimum atomic E-state index is -0.265. The van der Waals surface area contributed by atoms with Crippen LogP contribution in [0.3, 0.4) is 0 Å². The van der Waals surface area contributed by atoms with Crippen LogP contribution in [0.1, 0.15) is 9.67 Å². The fraction of sp³-hybridized carbons (Fsp3) is 0.143. The highest BCUT2D eigenvalue weighted by molar-refractivity contribution is 14.1. The monoisotopic (exact) mass is 250 g/mol. The molecule has 1 aromatic rings. The molecule has 0 bridgehead atoms. The predicted molar refractivity (Wildman–Crippen MR) is 46.9 cm³/mol. The number of hydrogen-bond acceptors (Lipinski definition) is 2. The maximum absolute atomic E-state index is 8.28. The molecule has 0 aliphatic carbocycles. The van der Waals surface area contributed by atoms with Gasteiger partial charge in [-0.3, -0.25) is 5.26 Å². The summed E-state index contributed by atoms with van der Waals surface area (Å²) in [4.78, 5) is 4.12. The first-order chi connectivity index (χ1) is 4.84. The maximum atomic E-state index is 8.28. The molecule has 1 N–H and O–H groups in total. The summed E-state index contributed by atoms with van der Waals surface area (Å²) >= 11 is 2.00. The van der Waals surface area contributed by atoms with E-state index in [1.54, 1.807) is 0 Å². The van der Waals surface area contributed by atoms with Crippen molar-refractivity contribution in [3.8, 4) is 0 Å². The van der Waals surface area contributed by atoms with Crippen LogP contribution in [0.4, 0.5) is 0 Å². The molecule has 0 radical (unpaired) electrons. The number of alkyl halides is 1. The average Bonchev–Trinajstić information content (AvgIpc) is 2.05. The van der Waals surface area contributed by atoms with Crippen LogP contribution in [-0.4, -0.2) is 5.26 Å². The van der Waals surface area contributed by atoms with Crippen LogP contribution in [0, 0.1) is 0 Å². The van der Waals surface area contributed by atoms with Crippen molar-refractivity contribution in [2.45, 2.75) is 4.11 Å². The van der Waals surface area contributed by atoms with E-state index in [2.05, 4.69) is 4.89 Å². The molecule has 1 unspecified atom stereocenters. The van der Waals surface area contributed by atoms with E-state index >= 15 is 0 Å². The lowest BCUT2D eigenvalue weighted by Gasteiger charge is -2.03.